The second-order valence-corrected chi connectivity index (χ2v) is 8.54. The molecule has 23 heavy (non-hydrogen) atoms. The summed E-state index contributed by atoms with van der Waals surface area (Å²) in [6, 6.07) is 2.38. The second-order valence-electron chi connectivity index (χ2n) is 4.93. The zero-order valence-electron chi connectivity index (χ0n) is 12.4. The van der Waals surface area contributed by atoms with Gasteiger partial charge in [0.05, 0.1) is 10.9 Å². The van der Waals surface area contributed by atoms with Gasteiger partial charge in [-0.2, -0.15) is 4.72 Å². The van der Waals surface area contributed by atoms with Gasteiger partial charge in [0.15, 0.2) is 0 Å². The van der Waals surface area contributed by atoms with Crippen LogP contribution in [-0.4, -0.2) is 33.3 Å². The maximum absolute atomic E-state index is 13.2. The van der Waals surface area contributed by atoms with Gasteiger partial charge in [-0.05, 0) is 37.6 Å². The van der Waals surface area contributed by atoms with Crippen molar-refractivity contribution in [1.29, 1.82) is 0 Å². The number of hydrogen-bond donors (Lipinski definition) is 1. The lowest BCUT2D eigenvalue weighted by Crippen LogP contribution is -2.27. The van der Waals surface area contributed by atoms with E-state index in [0.717, 1.165) is 18.4 Å². The van der Waals surface area contributed by atoms with Gasteiger partial charge in [-0.15, -0.1) is 5.10 Å². The fourth-order valence-electron chi connectivity index (χ4n) is 1.68. The van der Waals surface area contributed by atoms with E-state index in [4.69, 9.17) is 4.42 Å². The number of nitrogens with zero attached hydrogens (tertiary/aromatic N) is 2. The molecule has 1 heterocycles. The molecule has 0 spiro atoms. The van der Waals surface area contributed by atoms with Crippen molar-refractivity contribution in [3.63, 3.8) is 0 Å². The van der Waals surface area contributed by atoms with Crippen LogP contribution in [0.15, 0.2) is 32.7 Å². The van der Waals surface area contributed by atoms with E-state index in [2.05, 4.69) is 14.9 Å². The molecular formula is C12H14FN3O5S2. The van der Waals surface area contributed by atoms with Crippen molar-refractivity contribution in [3.8, 4) is 0 Å². The first-order chi connectivity index (χ1) is 10.5. The summed E-state index contributed by atoms with van der Waals surface area (Å²) < 4.78 is 67.5. The first-order valence-corrected chi connectivity index (χ1v) is 9.70. The SMILES string of the molecule is Cc1cc(S(=O)(=O)N[C@@H](C)c2nnc(S(C)(=O)=O)o2)ccc1F. The summed E-state index contributed by atoms with van der Waals surface area (Å²) in [5.74, 6) is -0.723. The van der Waals surface area contributed by atoms with E-state index in [9.17, 15) is 21.2 Å². The molecule has 0 fully saturated rings. The molecule has 0 aliphatic rings. The molecule has 2 rings (SSSR count). The van der Waals surface area contributed by atoms with Crippen LogP contribution in [0.1, 0.15) is 24.4 Å². The first-order valence-electron chi connectivity index (χ1n) is 6.32. The largest absolute Gasteiger partial charge is 0.411 e. The normalized spacial score (nSPS) is 13.9. The van der Waals surface area contributed by atoms with Crippen LogP contribution < -0.4 is 4.72 Å². The van der Waals surface area contributed by atoms with Gasteiger partial charge < -0.3 is 4.42 Å². The number of nitrogens with one attached hydrogen (secondary N) is 1. The topological polar surface area (TPSA) is 119 Å². The van der Waals surface area contributed by atoms with Crippen LogP contribution >= 0.6 is 0 Å². The molecule has 0 radical (unpaired) electrons. The molecule has 1 aromatic carbocycles. The Balaban J connectivity index is 2.26. The van der Waals surface area contributed by atoms with Gasteiger partial charge in [0.1, 0.15) is 5.82 Å². The van der Waals surface area contributed by atoms with E-state index < -0.39 is 36.9 Å². The molecule has 2 aromatic rings. The molecule has 11 heteroatoms. The number of rotatable bonds is 5. The lowest BCUT2D eigenvalue weighted by Gasteiger charge is -2.11. The number of sulfonamides is 1. The predicted molar refractivity (Wildman–Crippen MR) is 77.3 cm³/mol. The number of halogens is 1. The van der Waals surface area contributed by atoms with Crippen LogP contribution in [0.5, 0.6) is 0 Å². The molecule has 0 aliphatic heterocycles. The zero-order chi connectivity index (χ0) is 17.4. The lowest BCUT2D eigenvalue weighted by atomic mass is 10.2. The predicted octanol–water partition coefficient (Wildman–Crippen LogP) is 0.960. The Labute approximate surface area is 132 Å². The number of benzene rings is 1. The summed E-state index contributed by atoms with van der Waals surface area (Å²) in [4.78, 5) is -0.133. The Morgan fingerprint density at radius 3 is 2.39 bits per heavy atom. The van der Waals surface area contributed by atoms with Gasteiger partial charge in [-0.1, -0.05) is 5.10 Å². The highest BCUT2D eigenvalue weighted by Gasteiger charge is 2.24. The summed E-state index contributed by atoms with van der Waals surface area (Å²) in [6.07, 6.45) is 0.889. The highest BCUT2D eigenvalue weighted by atomic mass is 32.2. The van der Waals surface area contributed by atoms with Gasteiger partial charge in [-0.25, -0.2) is 21.2 Å². The van der Waals surface area contributed by atoms with Crippen LogP contribution in [0.3, 0.4) is 0 Å². The minimum atomic E-state index is -3.97. The third-order valence-electron chi connectivity index (χ3n) is 2.88. The Bertz CT molecular complexity index is 937. The number of sulfone groups is 1. The molecule has 1 atom stereocenters. The number of aryl methyl sites for hydroxylation is 1. The first kappa shape index (κ1) is 17.5. The Morgan fingerprint density at radius 1 is 1.22 bits per heavy atom. The van der Waals surface area contributed by atoms with Gasteiger partial charge in [-0.3, -0.25) is 0 Å². The summed E-state index contributed by atoms with van der Waals surface area (Å²) in [7, 11) is -7.65. The van der Waals surface area contributed by atoms with E-state index in [-0.39, 0.29) is 16.3 Å². The molecule has 0 bridgehead atoms. The molecule has 8 nitrogen and oxygen atoms in total. The summed E-state index contributed by atoms with van der Waals surface area (Å²) in [5, 5.41) is 6.26. The maximum Gasteiger partial charge on any atom is 0.335 e. The molecule has 1 N–H and O–H groups in total. The molecule has 0 aliphatic carbocycles. The monoisotopic (exact) mass is 363 g/mol. The fraction of sp³-hybridized carbons (Fsp3) is 0.333. The molecule has 0 unspecified atom stereocenters. The average Bonchev–Trinajstić information content (AvgIpc) is 2.91. The molecular weight excluding hydrogens is 349 g/mol. The van der Waals surface area contributed by atoms with Crippen LogP contribution in [0.2, 0.25) is 0 Å². The Hall–Kier alpha value is -1.85. The van der Waals surface area contributed by atoms with Crippen molar-refractivity contribution >= 4 is 19.9 Å². The number of aromatic nitrogens is 2. The van der Waals surface area contributed by atoms with Crippen molar-refractivity contribution < 1.29 is 25.6 Å². The molecule has 126 valence electrons. The Morgan fingerprint density at radius 2 is 1.87 bits per heavy atom. The third-order valence-corrected chi connectivity index (χ3v) is 5.22. The van der Waals surface area contributed by atoms with Gasteiger partial charge >= 0.3 is 5.22 Å². The van der Waals surface area contributed by atoms with E-state index in [0.29, 0.717) is 0 Å². The van der Waals surface area contributed by atoms with Gasteiger partial charge in [0, 0.05) is 6.26 Å². The Kier molecular flexibility index (Phi) is 4.55. The fourth-order valence-corrected chi connectivity index (χ4v) is 3.39. The zero-order valence-corrected chi connectivity index (χ0v) is 14.1. The van der Waals surface area contributed by atoms with E-state index >= 15 is 0 Å². The van der Waals surface area contributed by atoms with Crippen molar-refractivity contribution in [1.82, 2.24) is 14.9 Å². The highest BCUT2D eigenvalue weighted by Crippen LogP contribution is 2.19. The lowest BCUT2D eigenvalue weighted by molar-refractivity contribution is 0.373. The van der Waals surface area contributed by atoms with Crippen molar-refractivity contribution in [2.45, 2.75) is 30.0 Å². The van der Waals surface area contributed by atoms with E-state index in [1.54, 1.807) is 0 Å². The van der Waals surface area contributed by atoms with Crippen LogP contribution in [-0.2, 0) is 19.9 Å². The molecule has 1 aromatic heterocycles. The van der Waals surface area contributed by atoms with Crippen LogP contribution in [0, 0.1) is 12.7 Å². The van der Waals surface area contributed by atoms with Crippen LogP contribution in [0.25, 0.3) is 0 Å². The second kappa shape index (κ2) is 5.98. The van der Waals surface area contributed by atoms with Crippen molar-refractivity contribution in [3.05, 3.63) is 35.5 Å². The van der Waals surface area contributed by atoms with Crippen molar-refractivity contribution in [2.75, 3.05) is 6.26 Å². The minimum absolute atomic E-state index is 0.133. The maximum atomic E-state index is 13.2. The molecule has 0 amide bonds. The smallest absolute Gasteiger partial charge is 0.335 e. The molecule has 0 saturated carbocycles. The summed E-state index contributed by atoms with van der Waals surface area (Å²) in [5.41, 5.74) is 0.178. The highest BCUT2D eigenvalue weighted by molar-refractivity contribution is 7.90. The minimum Gasteiger partial charge on any atom is -0.411 e. The quantitative estimate of drug-likeness (QED) is 0.840. The van der Waals surface area contributed by atoms with E-state index in [1.807, 2.05) is 0 Å². The average molecular weight is 363 g/mol. The summed E-state index contributed by atoms with van der Waals surface area (Å²) in [6.45, 7) is 2.85. The van der Waals surface area contributed by atoms with Gasteiger partial charge in [0.25, 0.3) is 0 Å². The number of hydrogen-bond acceptors (Lipinski definition) is 7. The van der Waals surface area contributed by atoms with Crippen molar-refractivity contribution in [2.24, 2.45) is 0 Å². The standard InChI is InChI=1S/C12H14FN3O5S2/c1-7-6-9(4-5-10(7)13)23(19,20)16-8(2)11-14-15-12(21-11)22(3,17)18/h4-6,8,16H,1-3H3/t8-/m0/s1. The third kappa shape index (κ3) is 3.92. The molecule has 0 saturated heterocycles. The van der Waals surface area contributed by atoms with Crippen LogP contribution in [0.4, 0.5) is 4.39 Å². The van der Waals surface area contributed by atoms with E-state index in [1.165, 1.54) is 19.9 Å². The summed E-state index contributed by atoms with van der Waals surface area (Å²) >= 11 is 0. The van der Waals surface area contributed by atoms with Gasteiger partial charge in [0.2, 0.25) is 25.8 Å².